The second-order valence-electron chi connectivity index (χ2n) is 6.61. The van der Waals surface area contributed by atoms with Crippen LogP contribution in [0, 0.1) is 5.92 Å². The average Bonchev–Trinajstić information content (AvgIpc) is 2.45. The van der Waals surface area contributed by atoms with Gasteiger partial charge in [-0.15, -0.1) is 0 Å². The summed E-state index contributed by atoms with van der Waals surface area (Å²) in [5, 5.41) is 3.26. The lowest BCUT2D eigenvalue weighted by Crippen LogP contribution is -2.45. The Balaban J connectivity index is 1.95. The number of hydrogen-bond acceptors (Lipinski definition) is 4. The standard InChI is InChI=1S/C16H22ClN3O3/c1-16(2,3)23-15(22)20-8-4-5-11(10-20)14(21)19-13-9-12(17)6-7-18-13/h6-7,9,11H,4-5,8,10H2,1-3H3,(H,18,19,21). The number of anilines is 1. The largest absolute Gasteiger partial charge is 0.444 e. The number of pyridine rings is 1. The first-order valence-electron chi connectivity index (χ1n) is 7.65. The molecule has 0 radical (unpaired) electrons. The third-order valence-corrected chi connectivity index (χ3v) is 3.65. The van der Waals surface area contributed by atoms with Crippen molar-refractivity contribution in [2.75, 3.05) is 18.4 Å². The molecule has 1 atom stereocenters. The highest BCUT2D eigenvalue weighted by Crippen LogP contribution is 2.21. The fraction of sp³-hybridized carbons (Fsp3) is 0.562. The van der Waals surface area contributed by atoms with Gasteiger partial charge < -0.3 is 15.0 Å². The summed E-state index contributed by atoms with van der Waals surface area (Å²) in [4.78, 5) is 30.1. The maximum Gasteiger partial charge on any atom is 0.410 e. The highest BCUT2D eigenvalue weighted by Gasteiger charge is 2.31. The Bertz CT molecular complexity index is 586. The van der Waals surface area contributed by atoms with Gasteiger partial charge in [-0.1, -0.05) is 11.6 Å². The number of halogens is 1. The van der Waals surface area contributed by atoms with Crippen molar-refractivity contribution in [3.05, 3.63) is 23.4 Å². The molecule has 1 aliphatic heterocycles. The summed E-state index contributed by atoms with van der Waals surface area (Å²) in [5.74, 6) is -0.0260. The molecule has 1 saturated heterocycles. The van der Waals surface area contributed by atoms with Gasteiger partial charge in [0.1, 0.15) is 11.4 Å². The van der Waals surface area contributed by atoms with Gasteiger partial charge in [-0.3, -0.25) is 4.79 Å². The van der Waals surface area contributed by atoms with E-state index in [0.29, 0.717) is 23.9 Å². The van der Waals surface area contributed by atoms with E-state index in [-0.39, 0.29) is 17.9 Å². The number of nitrogens with zero attached hydrogens (tertiary/aromatic N) is 2. The van der Waals surface area contributed by atoms with Crippen molar-refractivity contribution in [3.8, 4) is 0 Å². The van der Waals surface area contributed by atoms with Crippen LogP contribution in [0.3, 0.4) is 0 Å². The molecule has 1 N–H and O–H groups in total. The zero-order chi connectivity index (χ0) is 17.0. The number of amides is 2. The molecule has 0 spiro atoms. The molecule has 1 fully saturated rings. The van der Waals surface area contributed by atoms with Gasteiger partial charge >= 0.3 is 6.09 Å². The number of carbonyl (C=O) groups is 2. The van der Waals surface area contributed by atoms with Gasteiger partial charge in [0.2, 0.25) is 5.91 Å². The van der Waals surface area contributed by atoms with Crippen molar-refractivity contribution < 1.29 is 14.3 Å². The lowest BCUT2D eigenvalue weighted by molar-refractivity contribution is -0.121. The molecule has 0 bridgehead atoms. The van der Waals surface area contributed by atoms with Crippen LogP contribution in [0.25, 0.3) is 0 Å². The summed E-state index contributed by atoms with van der Waals surface area (Å²) in [5.41, 5.74) is -0.545. The van der Waals surface area contributed by atoms with Gasteiger partial charge in [0.15, 0.2) is 0 Å². The number of rotatable bonds is 2. The predicted molar refractivity (Wildman–Crippen MR) is 88.4 cm³/mol. The SMILES string of the molecule is CC(C)(C)OC(=O)N1CCCC(C(=O)Nc2cc(Cl)ccn2)C1. The first-order chi connectivity index (χ1) is 10.7. The molecule has 126 valence electrons. The minimum atomic E-state index is -0.545. The fourth-order valence-electron chi connectivity index (χ4n) is 2.38. The van der Waals surface area contributed by atoms with Crippen LogP contribution < -0.4 is 5.32 Å². The molecular formula is C16H22ClN3O3. The van der Waals surface area contributed by atoms with Crippen LogP contribution in [0.15, 0.2) is 18.3 Å². The van der Waals surface area contributed by atoms with Crippen LogP contribution in [-0.4, -0.2) is 40.6 Å². The molecule has 1 unspecified atom stereocenters. The van der Waals surface area contributed by atoms with E-state index < -0.39 is 5.60 Å². The maximum atomic E-state index is 12.4. The molecule has 2 amide bonds. The van der Waals surface area contributed by atoms with Crippen molar-refractivity contribution in [2.24, 2.45) is 5.92 Å². The summed E-state index contributed by atoms with van der Waals surface area (Å²) in [7, 11) is 0. The van der Waals surface area contributed by atoms with Gasteiger partial charge in [-0.2, -0.15) is 0 Å². The zero-order valence-corrected chi connectivity index (χ0v) is 14.4. The summed E-state index contributed by atoms with van der Waals surface area (Å²) in [6, 6.07) is 3.23. The fourth-order valence-corrected chi connectivity index (χ4v) is 2.54. The number of piperidine rings is 1. The summed E-state index contributed by atoms with van der Waals surface area (Å²) >= 11 is 5.88. The van der Waals surface area contributed by atoms with Crippen LogP contribution in [0.4, 0.5) is 10.6 Å². The van der Waals surface area contributed by atoms with Gasteiger partial charge in [0.25, 0.3) is 0 Å². The highest BCUT2D eigenvalue weighted by molar-refractivity contribution is 6.30. The number of likely N-dealkylation sites (tertiary alicyclic amines) is 1. The summed E-state index contributed by atoms with van der Waals surface area (Å²) in [6.07, 6.45) is 2.65. The molecule has 0 aliphatic carbocycles. The van der Waals surface area contributed by atoms with Crippen LogP contribution in [-0.2, 0) is 9.53 Å². The normalized spacial score (nSPS) is 18.4. The topological polar surface area (TPSA) is 71.5 Å². The van der Waals surface area contributed by atoms with E-state index in [0.717, 1.165) is 12.8 Å². The molecule has 2 rings (SSSR count). The van der Waals surface area contributed by atoms with E-state index in [4.69, 9.17) is 16.3 Å². The first kappa shape index (κ1) is 17.5. The van der Waals surface area contributed by atoms with E-state index in [1.54, 1.807) is 17.0 Å². The molecule has 2 heterocycles. The smallest absolute Gasteiger partial charge is 0.410 e. The maximum absolute atomic E-state index is 12.4. The third kappa shape index (κ3) is 5.39. The van der Waals surface area contributed by atoms with E-state index in [1.807, 2.05) is 20.8 Å². The number of nitrogens with one attached hydrogen (secondary N) is 1. The Morgan fingerprint density at radius 1 is 1.43 bits per heavy atom. The number of ether oxygens (including phenoxy) is 1. The molecule has 0 saturated carbocycles. The van der Waals surface area contributed by atoms with Gasteiger partial charge in [-0.05, 0) is 45.7 Å². The molecule has 6 nitrogen and oxygen atoms in total. The van der Waals surface area contributed by atoms with E-state index in [9.17, 15) is 9.59 Å². The van der Waals surface area contributed by atoms with Crippen LogP contribution in [0.5, 0.6) is 0 Å². The van der Waals surface area contributed by atoms with E-state index in [1.165, 1.54) is 6.20 Å². The second kappa shape index (κ2) is 7.17. The zero-order valence-electron chi connectivity index (χ0n) is 13.6. The minimum absolute atomic E-state index is 0.159. The third-order valence-electron chi connectivity index (χ3n) is 3.42. The molecule has 23 heavy (non-hydrogen) atoms. The monoisotopic (exact) mass is 339 g/mol. The highest BCUT2D eigenvalue weighted by atomic mass is 35.5. The number of hydrogen-bond donors (Lipinski definition) is 1. The number of carbonyl (C=O) groups excluding carboxylic acids is 2. The van der Waals surface area contributed by atoms with Gasteiger partial charge in [0, 0.05) is 24.3 Å². The van der Waals surface area contributed by atoms with Gasteiger partial charge in [-0.25, -0.2) is 9.78 Å². The lowest BCUT2D eigenvalue weighted by atomic mass is 9.97. The molecule has 7 heteroatoms. The first-order valence-corrected chi connectivity index (χ1v) is 8.03. The van der Waals surface area contributed by atoms with Crippen LogP contribution in [0.1, 0.15) is 33.6 Å². The Labute approximate surface area is 141 Å². The van der Waals surface area contributed by atoms with Crippen LogP contribution in [0.2, 0.25) is 5.02 Å². The molecule has 1 aliphatic rings. The Morgan fingerprint density at radius 2 is 2.17 bits per heavy atom. The predicted octanol–water partition coefficient (Wildman–Crippen LogP) is 3.32. The Kier molecular flexibility index (Phi) is 5.46. The van der Waals surface area contributed by atoms with Crippen molar-refractivity contribution in [1.82, 2.24) is 9.88 Å². The second-order valence-corrected chi connectivity index (χ2v) is 7.05. The van der Waals surface area contributed by atoms with Crippen LogP contribution >= 0.6 is 11.6 Å². The lowest BCUT2D eigenvalue weighted by Gasteiger charge is -2.33. The summed E-state index contributed by atoms with van der Waals surface area (Å²) < 4.78 is 5.36. The molecular weight excluding hydrogens is 318 g/mol. The van der Waals surface area contributed by atoms with Crippen molar-refractivity contribution in [3.63, 3.8) is 0 Å². The molecule has 0 aromatic carbocycles. The number of aromatic nitrogens is 1. The molecule has 1 aromatic rings. The Hall–Kier alpha value is -1.82. The summed E-state index contributed by atoms with van der Waals surface area (Å²) in [6.45, 7) is 6.42. The van der Waals surface area contributed by atoms with Crippen molar-refractivity contribution >= 4 is 29.4 Å². The van der Waals surface area contributed by atoms with E-state index >= 15 is 0 Å². The quantitative estimate of drug-likeness (QED) is 0.897. The average molecular weight is 340 g/mol. The molecule has 1 aromatic heterocycles. The van der Waals surface area contributed by atoms with Gasteiger partial charge in [0.05, 0.1) is 5.92 Å². The minimum Gasteiger partial charge on any atom is -0.444 e. The van der Waals surface area contributed by atoms with E-state index in [2.05, 4.69) is 10.3 Å². The van der Waals surface area contributed by atoms with Crippen molar-refractivity contribution in [2.45, 2.75) is 39.2 Å². The Morgan fingerprint density at radius 3 is 2.83 bits per heavy atom. The van der Waals surface area contributed by atoms with Crippen molar-refractivity contribution in [1.29, 1.82) is 0 Å².